The summed E-state index contributed by atoms with van der Waals surface area (Å²) in [5, 5.41) is 3.74. The average Bonchev–Trinajstić information content (AvgIpc) is 3.47. The van der Waals surface area contributed by atoms with Crippen molar-refractivity contribution in [2.45, 2.75) is 83.0 Å². The Balaban J connectivity index is 1.78. The molecule has 2 fully saturated rings. The van der Waals surface area contributed by atoms with Crippen molar-refractivity contribution in [3.05, 3.63) is 41.0 Å². The van der Waals surface area contributed by atoms with E-state index < -0.39 is 0 Å². The van der Waals surface area contributed by atoms with Crippen LogP contribution in [-0.4, -0.2) is 26.3 Å². The number of hydrogen-bond donors (Lipinski definition) is 1. The van der Waals surface area contributed by atoms with E-state index in [9.17, 15) is 0 Å². The Labute approximate surface area is 172 Å². The molecule has 0 bridgehead atoms. The van der Waals surface area contributed by atoms with Gasteiger partial charge in [0.25, 0.3) is 0 Å². The van der Waals surface area contributed by atoms with E-state index in [0.717, 1.165) is 38.1 Å². The Bertz CT molecular complexity index is 682. The lowest BCUT2D eigenvalue weighted by molar-refractivity contribution is 0.109. The van der Waals surface area contributed by atoms with Gasteiger partial charge in [-0.1, -0.05) is 56.9 Å². The molecule has 2 heteroatoms. The SMILES string of the molecule is CCCNCC1(COCC)C=C(C2CCCC2)c2c(C3CCCC3)cccc21. The summed E-state index contributed by atoms with van der Waals surface area (Å²) in [4.78, 5) is 0. The van der Waals surface area contributed by atoms with Crippen molar-refractivity contribution < 1.29 is 4.74 Å². The summed E-state index contributed by atoms with van der Waals surface area (Å²) in [6, 6.07) is 7.20. The highest BCUT2D eigenvalue weighted by atomic mass is 16.5. The van der Waals surface area contributed by atoms with Gasteiger partial charge in [-0.05, 0) is 79.7 Å². The van der Waals surface area contributed by atoms with Crippen LogP contribution in [0.1, 0.15) is 94.2 Å². The third-order valence-electron chi connectivity index (χ3n) is 7.37. The van der Waals surface area contributed by atoms with Crippen molar-refractivity contribution in [1.82, 2.24) is 5.32 Å². The van der Waals surface area contributed by atoms with Crippen LogP contribution in [0.4, 0.5) is 0 Å². The number of benzene rings is 1. The summed E-state index contributed by atoms with van der Waals surface area (Å²) >= 11 is 0. The van der Waals surface area contributed by atoms with Crippen molar-refractivity contribution in [2.75, 3.05) is 26.3 Å². The van der Waals surface area contributed by atoms with Gasteiger partial charge in [-0.3, -0.25) is 0 Å². The first-order chi connectivity index (χ1) is 13.8. The molecule has 0 radical (unpaired) electrons. The molecule has 1 atom stereocenters. The first-order valence-electron chi connectivity index (χ1n) is 11.9. The zero-order chi connectivity index (χ0) is 19.4. The molecule has 1 N–H and O–H groups in total. The lowest BCUT2D eigenvalue weighted by atomic mass is 9.80. The molecular formula is C26H39NO. The Hall–Kier alpha value is -1.12. The van der Waals surface area contributed by atoms with E-state index >= 15 is 0 Å². The predicted octanol–water partition coefficient (Wildman–Crippen LogP) is 6.21. The minimum atomic E-state index is 0.00699. The van der Waals surface area contributed by atoms with Crippen LogP contribution in [0.2, 0.25) is 0 Å². The second-order valence-corrected chi connectivity index (χ2v) is 9.30. The molecule has 0 aromatic heterocycles. The van der Waals surface area contributed by atoms with Crippen LogP contribution in [0.5, 0.6) is 0 Å². The Kier molecular flexibility index (Phi) is 6.58. The normalized spacial score (nSPS) is 25.4. The highest BCUT2D eigenvalue weighted by molar-refractivity contribution is 5.81. The van der Waals surface area contributed by atoms with Gasteiger partial charge in [-0.25, -0.2) is 0 Å². The van der Waals surface area contributed by atoms with E-state index in [2.05, 4.69) is 43.4 Å². The molecule has 1 aromatic carbocycles. The van der Waals surface area contributed by atoms with Gasteiger partial charge in [0.2, 0.25) is 0 Å². The van der Waals surface area contributed by atoms with E-state index in [-0.39, 0.29) is 5.41 Å². The van der Waals surface area contributed by atoms with Crippen molar-refractivity contribution in [1.29, 1.82) is 0 Å². The van der Waals surface area contributed by atoms with Gasteiger partial charge < -0.3 is 10.1 Å². The standard InChI is InChI=1S/C26H39NO/c1-3-16-27-18-26(19-28-4-2)17-23(21-12-7-8-13-21)25-22(14-9-15-24(25)26)20-10-5-6-11-20/h9,14-15,17,20-21,27H,3-8,10-13,16,18-19H2,1-2H3. The fourth-order valence-corrected chi connectivity index (χ4v) is 5.98. The highest BCUT2D eigenvalue weighted by Gasteiger charge is 2.42. The smallest absolute Gasteiger partial charge is 0.0610 e. The van der Waals surface area contributed by atoms with Crippen LogP contribution in [0.3, 0.4) is 0 Å². The van der Waals surface area contributed by atoms with E-state index in [1.165, 1.54) is 57.8 Å². The van der Waals surface area contributed by atoms with Crippen LogP contribution in [0.25, 0.3) is 5.57 Å². The minimum Gasteiger partial charge on any atom is -0.380 e. The first kappa shape index (κ1) is 20.2. The third kappa shape index (κ3) is 3.83. The van der Waals surface area contributed by atoms with Crippen molar-refractivity contribution in [3.63, 3.8) is 0 Å². The number of hydrogen-bond acceptors (Lipinski definition) is 2. The lowest BCUT2D eigenvalue weighted by Gasteiger charge is -2.30. The molecule has 0 spiro atoms. The summed E-state index contributed by atoms with van der Waals surface area (Å²) in [7, 11) is 0. The van der Waals surface area contributed by atoms with E-state index in [1.54, 1.807) is 22.3 Å². The monoisotopic (exact) mass is 381 g/mol. The topological polar surface area (TPSA) is 21.3 Å². The van der Waals surface area contributed by atoms with E-state index in [1.807, 2.05) is 0 Å². The van der Waals surface area contributed by atoms with Crippen LogP contribution in [-0.2, 0) is 10.2 Å². The maximum Gasteiger partial charge on any atom is 0.0610 e. The highest BCUT2D eigenvalue weighted by Crippen LogP contribution is 2.51. The molecule has 28 heavy (non-hydrogen) atoms. The van der Waals surface area contributed by atoms with Crippen LogP contribution >= 0.6 is 0 Å². The van der Waals surface area contributed by atoms with E-state index in [4.69, 9.17) is 4.74 Å². The fraction of sp³-hybridized carbons (Fsp3) is 0.692. The molecule has 1 unspecified atom stereocenters. The molecule has 1 aromatic rings. The molecule has 154 valence electrons. The first-order valence-corrected chi connectivity index (χ1v) is 11.9. The Morgan fingerprint density at radius 1 is 1.00 bits per heavy atom. The predicted molar refractivity (Wildman–Crippen MR) is 119 cm³/mol. The molecule has 0 heterocycles. The van der Waals surface area contributed by atoms with Gasteiger partial charge in [0.15, 0.2) is 0 Å². The third-order valence-corrected chi connectivity index (χ3v) is 7.37. The number of fused-ring (bicyclic) bond motifs is 1. The second kappa shape index (κ2) is 9.13. The summed E-state index contributed by atoms with van der Waals surface area (Å²) in [6.07, 6.45) is 14.9. The van der Waals surface area contributed by atoms with Gasteiger partial charge in [-0.15, -0.1) is 0 Å². The number of ether oxygens (including phenoxy) is 1. The fourth-order valence-electron chi connectivity index (χ4n) is 5.98. The maximum absolute atomic E-state index is 6.10. The zero-order valence-corrected chi connectivity index (χ0v) is 18.1. The largest absolute Gasteiger partial charge is 0.380 e. The molecule has 3 aliphatic carbocycles. The number of rotatable bonds is 9. The molecule has 3 aliphatic rings. The molecular weight excluding hydrogens is 342 g/mol. The van der Waals surface area contributed by atoms with Crippen molar-refractivity contribution in [3.8, 4) is 0 Å². The minimum absolute atomic E-state index is 0.00699. The summed E-state index contributed by atoms with van der Waals surface area (Å²) < 4.78 is 6.10. The van der Waals surface area contributed by atoms with Gasteiger partial charge in [0, 0.05) is 13.2 Å². The Morgan fingerprint density at radius 2 is 1.71 bits per heavy atom. The average molecular weight is 382 g/mol. The number of nitrogens with one attached hydrogen (secondary N) is 1. The second-order valence-electron chi connectivity index (χ2n) is 9.30. The van der Waals surface area contributed by atoms with Crippen molar-refractivity contribution >= 4 is 5.57 Å². The molecule has 2 saturated carbocycles. The van der Waals surface area contributed by atoms with Crippen LogP contribution < -0.4 is 5.32 Å². The maximum atomic E-state index is 6.10. The summed E-state index contributed by atoms with van der Waals surface area (Å²) in [6.45, 7) is 8.05. The van der Waals surface area contributed by atoms with Gasteiger partial charge in [0.05, 0.1) is 12.0 Å². The van der Waals surface area contributed by atoms with Crippen molar-refractivity contribution in [2.24, 2.45) is 5.92 Å². The molecule has 4 rings (SSSR count). The number of allylic oxidation sites excluding steroid dienone is 1. The molecule has 0 aliphatic heterocycles. The zero-order valence-electron chi connectivity index (χ0n) is 18.1. The van der Waals surface area contributed by atoms with Gasteiger partial charge in [-0.2, -0.15) is 0 Å². The van der Waals surface area contributed by atoms with Crippen LogP contribution in [0.15, 0.2) is 24.3 Å². The summed E-state index contributed by atoms with van der Waals surface area (Å²) in [5.74, 6) is 1.53. The summed E-state index contributed by atoms with van der Waals surface area (Å²) in [5.41, 5.74) is 6.53. The van der Waals surface area contributed by atoms with Gasteiger partial charge in [0.1, 0.15) is 0 Å². The molecule has 2 nitrogen and oxygen atoms in total. The van der Waals surface area contributed by atoms with Gasteiger partial charge >= 0.3 is 0 Å². The quantitative estimate of drug-likeness (QED) is 0.514. The lowest BCUT2D eigenvalue weighted by Crippen LogP contribution is -2.40. The van der Waals surface area contributed by atoms with Crippen LogP contribution in [0, 0.1) is 5.92 Å². The van der Waals surface area contributed by atoms with E-state index in [0.29, 0.717) is 0 Å². The molecule has 0 amide bonds. The Morgan fingerprint density at radius 3 is 2.39 bits per heavy atom. The molecule has 0 saturated heterocycles.